The van der Waals surface area contributed by atoms with Gasteiger partial charge in [0.15, 0.2) is 17.5 Å². The SMILES string of the molecule is NCc1cc(-c2cc(F)c(F)c(F)c2)cs1. The number of halogens is 3. The van der Waals surface area contributed by atoms with Crippen LogP contribution in [0, 0.1) is 17.5 Å². The Bertz CT molecular complexity index is 499. The second-order valence-corrected chi connectivity index (χ2v) is 4.26. The maximum atomic E-state index is 13.0. The Morgan fingerprint density at radius 3 is 2.12 bits per heavy atom. The first-order valence-corrected chi connectivity index (χ1v) is 5.42. The lowest BCUT2D eigenvalue weighted by Crippen LogP contribution is -1.92. The van der Waals surface area contributed by atoms with Crippen LogP contribution in [0.25, 0.3) is 11.1 Å². The van der Waals surface area contributed by atoms with Crippen LogP contribution in [0.2, 0.25) is 0 Å². The van der Waals surface area contributed by atoms with Crippen molar-refractivity contribution in [1.29, 1.82) is 0 Å². The molecule has 0 fully saturated rings. The maximum absolute atomic E-state index is 13.0. The third-order valence-electron chi connectivity index (χ3n) is 2.17. The second-order valence-electron chi connectivity index (χ2n) is 3.26. The maximum Gasteiger partial charge on any atom is 0.194 e. The van der Waals surface area contributed by atoms with Gasteiger partial charge in [-0.1, -0.05) is 0 Å². The highest BCUT2D eigenvalue weighted by Gasteiger charge is 2.12. The fourth-order valence-corrected chi connectivity index (χ4v) is 2.13. The Morgan fingerprint density at radius 2 is 1.62 bits per heavy atom. The molecule has 0 aliphatic heterocycles. The van der Waals surface area contributed by atoms with Gasteiger partial charge in [0.1, 0.15) is 0 Å². The molecule has 16 heavy (non-hydrogen) atoms. The molecule has 0 aliphatic carbocycles. The summed E-state index contributed by atoms with van der Waals surface area (Å²) in [5, 5.41) is 1.73. The predicted octanol–water partition coefficient (Wildman–Crippen LogP) is 3.29. The molecule has 84 valence electrons. The van der Waals surface area contributed by atoms with Gasteiger partial charge in [0, 0.05) is 11.4 Å². The summed E-state index contributed by atoms with van der Waals surface area (Å²) in [6.45, 7) is 0.372. The molecule has 1 heterocycles. The van der Waals surface area contributed by atoms with E-state index in [4.69, 9.17) is 5.73 Å². The van der Waals surface area contributed by atoms with Crippen molar-refractivity contribution in [3.05, 3.63) is 45.9 Å². The monoisotopic (exact) mass is 243 g/mol. The zero-order valence-corrected chi connectivity index (χ0v) is 8.95. The molecule has 0 aliphatic rings. The Kier molecular flexibility index (Phi) is 2.98. The molecule has 0 radical (unpaired) electrons. The molecule has 2 aromatic rings. The van der Waals surface area contributed by atoms with Crippen molar-refractivity contribution in [3.8, 4) is 11.1 Å². The highest BCUT2D eigenvalue weighted by atomic mass is 32.1. The summed E-state index contributed by atoms with van der Waals surface area (Å²) in [5.74, 6) is -3.82. The van der Waals surface area contributed by atoms with Gasteiger partial charge in [-0.05, 0) is 34.7 Å². The molecular weight excluding hydrogens is 235 g/mol. The summed E-state index contributed by atoms with van der Waals surface area (Å²) in [7, 11) is 0. The number of thiophene rings is 1. The number of benzene rings is 1. The molecule has 0 bridgehead atoms. The van der Waals surface area contributed by atoms with Crippen LogP contribution in [0.5, 0.6) is 0 Å². The highest BCUT2D eigenvalue weighted by molar-refractivity contribution is 7.10. The topological polar surface area (TPSA) is 26.0 Å². The molecule has 0 atom stereocenters. The smallest absolute Gasteiger partial charge is 0.194 e. The molecule has 0 spiro atoms. The molecule has 0 amide bonds. The van der Waals surface area contributed by atoms with Crippen LogP contribution in [0.3, 0.4) is 0 Å². The van der Waals surface area contributed by atoms with Crippen molar-refractivity contribution in [2.45, 2.75) is 6.54 Å². The van der Waals surface area contributed by atoms with Gasteiger partial charge in [-0.15, -0.1) is 11.3 Å². The number of nitrogens with two attached hydrogens (primary N) is 1. The quantitative estimate of drug-likeness (QED) is 0.805. The van der Waals surface area contributed by atoms with E-state index in [0.717, 1.165) is 17.0 Å². The first-order valence-electron chi connectivity index (χ1n) is 4.54. The van der Waals surface area contributed by atoms with Crippen LogP contribution < -0.4 is 5.73 Å². The zero-order chi connectivity index (χ0) is 11.7. The fourth-order valence-electron chi connectivity index (χ4n) is 1.36. The van der Waals surface area contributed by atoms with Gasteiger partial charge in [0.2, 0.25) is 0 Å². The van der Waals surface area contributed by atoms with Crippen molar-refractivity contribution in [2.75, 3.05) is 0 Å². The van der Waals surface area contributed by atoms with Crippen LogP contribution in [-0.2, 0) is 6.54 Å². The Labute approximate surface area is 94.3 Å². The average Bonchev–Trinajstić information content (AvgIpc) is 2.73. The molecule has 0 unspecified atom stereocenters. The first-order chi connectivity index (χ1) is 7.61. The van der Waals surface area contributed by atoms with E-state index >= 15 is 0 Å². The van der Waals surface area contributed by atoms with Gasteiger partial charge in [0.05, 0.1) is 0 Å². The lowest BCUT2D eigenvalue weighted by molar-refractivity contribution is 0.448. The minimum Gasteiger partial charge on any atom is -0.326 e. The average molecular weight is 243 g/mol. The molecule has 5 heteroatoms. The van der Waals surface area contributed by atoms with Crippen LogP contribution in [0.1, 0.15) is 4.88 Å². The Hall–Kier alpha value is -1.33. The molecule has 0 saturated heterocycles. The standard InChI is InChI=1S/C11H8F3NS/c12-9-2-6(3-10(13)11(9)14)7-1-8(4-15)16-5-7/h1-3,5H,4,15H2. The Balaban J connectivity index is 2.48. The van der Waals surface area contributed by atoms with Gasteiger partial charge < -0.3 is 5.73 Å². The number of rotatable bonds is 2. The van der Waals surface area contributed by atoms with E-state index in [1.54, 1.807) is 11.4 Å². The number of hydrogen-bond acceptors (Lipinski definition) is 2. The molecule has 1 nitrogen and oxygen atoms in total. The summed E-state index contributed by atoms with van der Waals surface area (Å²) in [6.07, 6.45) is 0. The van der Waals surface area contributed by atoms with E-state index in [0.29, 0.717) is 17.7 Å². The van der Waals surface area contributed by atoms with Gasteiger partial charge >= 0.3 is 0 Å². The lowest BCUT2D eigenvalue weighted by atomic mass is 10.1. The van der Waals surface area contributed by atoms with Crippen LogP contribution >= 0.6 is 11.3 Å². The molecule has 2 rings (SSSR count). The van der Waals surface area contributed by atoms with Crippen molar-refractivity contribution in [1.82, 2.24) is 0 Å². The fraction of sp³-hybridized carbons (Fsp3) is 0.0909. The zero-order valence-electron chi connectivity index (χ0n) is 8.14. The molecular formula is C11H8F3NS. The number of hydrogen-bond donors (Lipinski definition) is 1. The minimum absolute atomic E-state index is 0.312. The summed E-state index contributed by atoms with van der Waals surface area (Å²) in [4.78, 5) is 0.903. The van der Waals surface area contributed by atoms with E-state index in [1.807, 2.05) is 0 Å². The third kappa shape index (κ3) is 1.96. The van der Waals surface area contributed by atoms with Gasteiger partial charge in [0.25, 0.3) is 0 Å². The van der Waals surface area contributed by atoms with Gasteiger partial charge in [-0.3, -0.25) is 0 Å². The van der Waals surface area contributed by atoms with Crippen molar-refractivity contribution < 1.29 is 13.2 Å². The summed E-state index contributed by atoms with van der Waals surface area (Å²) < 4.78 is 38.7. The third-order valence-corrected chi connectivity index (χ3v) is 3.13. The van der Waals surface area contributed by atoms with Crippen LogP contribution in [0.4, 0.5) is 13.2 Å². The Morgan fingerprint density at radius 1 is 1.00 bits per heavy atom. The van der Waals surface area contributed by atoms with Crippen LogP contribution in [0.15, 0.2) is 23.6 Å². The molecule has 2 N–H and O–H groups in total. The molecule has 1 aromatic carbocycles. The van der Waals surface area contributed by atoms with Crippen LogP contribution in [-0.4, -0.2) is 0 Å². The van der Waals surface area contributed by atoms with E-state index in [9.17, 15) is 13.2 Å². The van der Waals surface area contributed by atoms with Crippen molar-refractivity contribution in [3.63, 3.8) is 0 Å². The van der Waals surface area contributed by atoms with E-state index in [2.05, 4.69) is 0 Å². The molecule has 0 saturated carbocycles. The summed E-state index contributed by atoms with van der Waals surface area (Å²) in [6, 6.07) is 3.68. The normalized spacial score (nSPS) is 10.8. The van der Waals surface area contributed by atoms with E-state index < -0.39 is 17.5 Å². The van der Waals surface area contributed by atoms with Crippen molar-refractivity contribution in [2.24, 2.45) is 5.73 Å². The second kappa shape index (κ2) is 4.27. The van der Waals surface area contributed by atoms with Gasteiger partial charge in [-0.2, -0.15) is 0 Å². The van der Waals surface area contributed by atoms with E-state index in [1.165, 1.54) is 11.3 Å². The molecule has 1 aromatic heterocycles. The van der Waals surface area contributed by atoms with E-state index in [-0.39, 0.29) is 0 Å². The summed E-state index contributed by atoms with van der Waals surface area (Å²) in [5.41, 5.74) is 6.38. The highest BCUT2D eigenvalue weighted by Crippen LogP contribution is 2.27. The summed E-state index contributed by atoms with van der Waals surface area (Å²) >= 11 is 1.40. The largest absolute Gasteiger partial charge is 0.326 e. The minimum atomic E-state index is -1.45. The van der Waals surface area contributed by atoms with Crippen molar-refractivity contribution >= 4 is 11.3 Å². The predicted molar refractivity (Wildman–Crippen MR) is 57.5 cm³/mol. The first kappa shape index (κ1) is 11.2. The van der Waals surface area contributed by atoms with Gasteiger partial charge in [-0.25, -0.2) is 13.2 Å². The lowest BCUT2D eigenvalue weighted by Gasteiger charge is -2.00.